The van der Waals surface area contributed by atoms with Gasteiger partial charge in [-0.05, 0) is 43.4 Å². The minimum absolute atomic E-state index is 0.00568. The minimum atomic E-state index is -0.569. The van der Waals surface area contributed by atoms with E-state index in [1.807, 2.05) is 0 Å². The molecular formula is C23H23FN6O2S2. The van der Waals surface area contributed by atoms with E-state index in [9.17, 15) is 19.2 Å². The monoisotopic (exact) mass is 498 g/mol. The third-order valence-electron chi connectivity index (χ3n) is 5.55. The van der Waals surface area contributed by atoms with Crippen molar-refractivity contribution in [3.05, 3.63) is 57.5 Å². The number of benzene rings is 1. The molecule has 8 nitrogen and oxygen atoms in total. The van der Waals surface area contributed by atoms with Crippen molar-refractivity contribution in [1.82, 2.24) is 20.1 Å². The number of nitrogens with zero attached hydrogens (tertiary/aromatic N) is 4. The molecule has 1 aliphatic carbocycles. The fourth-order valence-corrected chi connectivity index (χ4v) is 5.77. The molecule has 0 saturated heterocycles. The standard InChI is InChI=1S/C23H23FN6O2S2/c1-30-19(10-11-26-21(32)15-7-2-4-8-17(15)24)28-29-23(30)33-13-20(31)27-22-16(12-25)14-6-3-5-9-18(14)34-22/h2,4,7-8H,3,5-6,9-11,13H2,1H3,(H,26,32)(H,27,31). The van der Waals surface area contributed by atoms with Crippen LogP contribution in [0.15, 0.2) is 29.4 Å². The first-order valence-electron chi connectivity index (χ1n) is 10.9. The summed E-state index contributed by atoms with van der Waals surface area (Å²) in [5, 5.41) is 24.6. The number of carbonyl (C=O) groups excluding carboxylic acids is 2. The predicted molar refractivity (Wildman–Crippen MR) is 128 cm³/mol. The van der Waals surface area contributed by atoms with Crippen molar-refractivity contribution in [2.24, 2.45) is 7.05 Å². The van der Waals surface area contributed by atoms with Crippen LogP contribution in [-0.2, 0) is 31.1 Å². The maximum atomic E-state index is 13.7. The van der Waals surface area contributed by atoms with E-state index < -0.39 is 11.7 Å². The van der Waals surface area contributed by atoms with Crippen LogP contribution >= 0.6 is 23.1 Å². The first-order chi connectivity index (χ1) is 16.5. The second-order valence-electron chi connectivity index (χ2n) is 7.81. The second kappa shape index (κ2) is 10.8. The van der Waals surface area contributed by atoms with Crippen LogP contribution in [0.1, 0.15) is 45.0 Å². The van der Waals surface area contributed by atoms with Gasteiger partial charge in [-0.2, -0.15) is 5.26 Å². The highest BCUT2D eigenvalue weighted by molar-refractivity contribution is 7.99. The van der Waals surface area contributed by atoms with Crippen molar-refractivity contribution in [3.63, 3.8) is 0 Å². The van der Waals surface area contributed by atoms with Crippen LogP contribution < -0.4 is 10.6 Å². The molecule has 34 heavy (non-hydrogen) atoms. The average molecular weight is 499 g/mol. The summed E-state index contributed by atoms with van der Waals surface area (Å²) >= 11 is 2.74. The normalized spacial score (nSPS) is 12.6. The average Bonchev–Trinajstić information content (AvgIpc) is 3.37. The number of amides is 2. The number of thioether (sulfide) groups is 1. The Balaban J connectivity index is 1.29. The number of rotatable bonds is 8. The van der Waals surface area contributed by atoms with E-state index in [1.165, 1.54) is 46.2 Å². The minimum Gasteiger partial charge on any atom is -0.351 e. The molecule has 1 aliphatic rings. The van der Waals surface area contributed by atoms with Crippen LogP contribution in [0.3, 0.4) is 0 Å². The highest BCUT2D eigenvalue weighted by atomic mass is 32.2. The topological polar surface area (TPSA) is 113 Å². The molecular weight excluding hydrogens is 475 g/mol. The van der Waals surface area contributed by atoms with Gasteiger partial charge in [0.05, 0.1) is 16.9 Å². The van der Waals surface area contributed by atoms with Gasteiger partial charge in [0.15, 0.2) is 5.16 Å². The number of fused-ring (bicyclic) bond motifs is 1. The Labute approximate surface area is 204 Å². The maximum absolute atomic E-state index is 13.7. The van der Waals surface area contributed by atoms with Gasteiger partial charge in [-0.15, -0.1) is 21.5 Å². The Morgan fingerprint density at radius 2 is 2.06 bits per heavy atom. The van der Waals surface area contributed by atoms with Crippen LogP contribution in [0.2, 0.25) is 0 Å². The molecule has 11 heteroatoms. The fraction of sp³-hybridized carbons (Fsp3) is 0.348. The van der Waals surface area contributed by atoms with E-state index in [2.05, 4.69) is 26.9 Å². The molecule has 176 valence electrons. The molecule has 0 spiro atoms. The number of aryl methyl sites for hydroxylation is 1. The highest BCUT2D eigenvalue weighted by Gasteiger charge is 2.22. The zero-order valence-electron chi connectivity index (χ0n) is 18.6. The zero-order valence-corrected chi connectivity index (χ0v) is 20.2. The molecule has 2 heterocycles. The molecule has 1 aromatic carbocycles. The number of carbonyl (C=O) groups is 2. The lowest BCUT2D eigenvalue weighted by Crippen LogP contribution is -2.27. The summed E-state index contributed by atoms with van der Waals surface area (Å²) in [6.07, 6.45) is 4.44. The first-order valence-corrected chi connectivity index (χ1v) is 12.7. The van der Waals surface area contributed by atoms with Gasteiger partial charge >= 0.3 is 0 Å². The van der Waals surface area contributed by atoms with Crippen molar-refractivity contribution in [2.45, 2.75) is 37.3 Å². The summed E-state index contributed by atoms with van der Waals surface area (Å²) in [7, 11) is 1.79. The number of nitriles is 1. The number of anilines is 1. The van der Waals surface area contributed by atoms with Gasteiger partial charge < -0.3 is 15.2 Å². The predicted octanol–water partition coefficient (Wildman–Crippen LogP) is 3.47. The first kappa shape index (κ1) is 23.9. The zero-order chi connectivity index (χ0) is 24.1. The quantitative estimate of drug-likeness (QED) is 0.460. The summed E-state index contributed by atoms with van der Waals surface area (Å²) in [4.78, 5) is 25.8. The molecule has 4 rings (SSSR count). The lowest BCUT2D eigenvalue weighted by molar-refractivity contribution is -0.113. The molecule has 0 unspecified atom stereocenters. The smallest absolute Gasteiger partial charge is 0.254 e. The molecule has 0 aliphatic heterocycles. The van der Waals surface area contributed by atoms with E-state index in [-0.39, 0.29) is 23.8 Å². The van der Waals surface area contributed by atoms with E-state index >= 15 is 0 Å². The Morgan fingerprint density at radius 3 is 2.85 bits per heavy atom. The highest BCUT2D eigenvalue weighted by Crippen LogP contribution is 2.37. The Hall–Kier alpha value is -3.23. The van der Waals surface area contributed by atoms with E-state index in [4.69, 9.17) is 0 Å². The van der Waals surface area contributed by atoms with Crippen molar-refractivity contribution in [2.75, 3.05) is 17.6 Å². The lowest BCUT2D eigenvalue weighted by Gasteiger charge is -2.09. The number of thiophene rings is 1. The third kappa shape index (κ3) is 5.29. The lowest BCUT2D eigenvalue weighted by atomic mass is 9.96. The van der Waals surface area contributed by atoms with E-state index in [0.717, 1.165) is 31.2 Å². The SMILES string of the molecule is Cn1c(CCNC(=O)c2ccccc2F)nnc1SCC(=O)Nc1sc2c(c1C#N)CCCC2. The summed E-state index contributed by atoms with van der Waals surface area (Å²) in [5.74, 6) is -0.501. The Bertz CT molecular complexity index is 1260. The van der Waals surface area contributed by atoms with Crippen molar-refractivity contribution >= 4 is 39.9 Å². The Morgan fingerprint density at radius 1 is 1.26 bits per heavy atom. The van der Waals surface area contributed by atoms with Crippen LogP contribution in [0.25, 0.3) is 0 Å². The van der Waals surface area contributed by atoms with Crippen molar-refractivity contribution < 1.29 is 14.0 Å². The molecule has 0 saturated carbocycles. The van der Waals surface area contributed by atoms with E-state index in [1.54, 1.807) is 17.7 Å². The summed E-state index contributed by atoms with van der Waals surface area (Å²) < 4.78 is 15.5. The van der Waals surface area contributed by atoms with Gasteiger partial charge in [-0.1, -0.05) is 23.9 Å². The van der Waals surface area contributed by atoms with Gasteiger partial charge in [0.1, 0.15) is 22.7 Å². The largest absolute Gasteiger partial charge is 0.351 e. The number of halogens is 1. The maximum Gasteiger partial charge on any atom is 0.254 e. The van der Waals surface area contributed by atoms with Gasteiger partial charge in [-0.3, -0.25) is 9.59 Å². The molecule has 2 aromatic heterocycles. The summed E-state index contributed by atoms with van der Waals surface area (Å²) in [6, 6.07) is 8.05. The Kier molecular flexibility index (Phi) is 7.59. The molecule has 0 bridgehead atoms. The van der Waals surface area contributed by atoms with Crippen LogP contribution in [0.4, 0.5) is 9.39 Å². The van der Waals surface area contributed by atoms with Gasteiger partial charge in [0, 0.05) is 24.9 Å². The molecule has 0 radical (unpaired) electrons. The van der Waals surface area contributed by atoms with Gasteiger partial charge in [0.2, 0.25) is 5.91 Å². The summed E-state index contributed by atoms with van der Waals surface area (Å²) in [5.41, 5.74) is 1.67. The van der Waals surface area contributed by atoms with Crippen LogP contribution in [-0.4, -0.2) is 38.9 Å². The third-order valence-corrected chi connectivity index (χ3v) is 7.77. The number of hydrogen-bond donors (Lipinski definition) is 2. The fourth-order valence-electron chi connectivity index (χ4n) is 3.78. The molecule has 2 amide bonds. The van der Waals surface area contributed by atoms with Gasteiger partial charge in [-0.25, -0.2) is 4.39 Å². The molecule has 0 atom stereocenters. The van der Waals surface area contributed by atoms with Gasteiger partial charge in [0.25, 0.3) is 5.91 Å². The van der Waals surface area contributed by atoms with Crippen LogP contribution in [0, 0.1) is 17.1 Å². The van der Waals surface area contributed by atoms with Crippen molar-refractivity contribution in [1.29, 1.82) is 5.26 Å². The van der Waals surface area contributed by atoms with Crippen molar-refractivity contribution in [3.8, 4) is 6.07 Å². The number of nitrogens with one attached hydrogen (secondary N) is 2. The van der Waals surface area contributed by atoms with E-state index in [0.29, 0.717) is 28.0 Å². The van der Waals surface area contributed by atoms with Crippen LogP contribution in [0.5, 0.6) is 0 Å². The second-order valence-corrected chi connectivity index (χ2v) is 9.85. The number of aromatic nitrogens is 3. The molecule has 0 fully saturated rings. The molecule has 3 aromatic rings. The summed E-state index contributed by atoms with van der Waals surface area (Å²) in [6.45, 7) is 0.268. The molecule has 2 N–H and O–H groups in total. The number of hydrogen-bond acceptors (Lipinski definition) is 7.